The van der Waals surface area contributed by atoms with Crippen LogP contribution in [0.5, 0.6) is 0 Å². The van der Waals surface area contributed by atoms with Crippen LogP contribution in [0.15, 0.2) is 12.1 Å². The molecular formula is C10H15NO2S2. The summed E-state index contributed by atoms with van der Waals surface area (Å²) in [5.41, 5.74) is 0. The van der Waals surface area contributed by atoms with Crippen molar-refractivity contribution in [2.45, 2.75) is 5.75 Å². The first-order valence-electron chi connectivity index (χ1n) is 4.64. The van der Waals surface area contributed by atoms with Gasteiger partial charge in [0.05, 0.1) is 0 Å². The molecule has 1 aromatic rings. The minimum absolute atomic E-state index is 0.429. The number of hydrogen-bond acceptors (Lipinski definition) is 4. The van der Waals surface area contributed by atoms with Gasteiger partial charge in [-0.25, -0.2) is 4.79 Å². The summed E-state index contributed by atoms with van der Waals surface area (Å²) in [5.74, 6) is 1.16. The third kappa shape index (κ3) is 4.68. The second-order valence-electron chi connectivity index (χ2n) is 3.43. The average molecular weight is 245 g/mol. The number of aromatic carboxylic acids is 1. The molecular weight excluding hydrogens is 230 g/mol. The molecule has 0 atom stereocenters. The number of carboxylic acid groups (broad SMARTS) is 1. The van der Waals surface area contributed by atoms with Gasteiger partial charge in [0.2, 0.25) is 0 Å². The summed E-state index contributed by atoms with van der Waals surface area (Å²) in [6, 6.07) is 3.58. The first-order valence-corrected chi connectivity index (χ1v) is 6.61. The topological polar surface area (TPSA) is 40.5 Å². The van der Waals surface area contributed by atoms with Gasteiger partial charge in [-0.15, -0.1) is 11.3 Å². The summed E-state index contributed by atoms with van der Waals surface area (Å²) in [6.07, 6.45) is 0. The number of thioether (sulfide) groups is 1. The Morgan fingerprint density at radius 2 is 2.27 bits per heavy atom. The fraction of sp³-hybridized carbons (Fsp3) is 0.500. The van der Waals surface area contributed by atoms with Crippen LogP contribution in [0.25, 0.3) is 0 Å². The number of nitrogens with zero attached hydrogens (tertiary/aromatic N) is 1. The van der Waals surface area contributed by atoms with Crippen LogP contribution >= 0.6 is 23.1 Å². The van der Waals surface area contributed by atoms with Crippen LogP contribution in [-0.4, -0.2) is 42.4 Å². The fourth-order valence-electron chi connectivity index (χ4n) is 0.990. The molecule has 0 aliphatic heterocycles. The minimum Gasteiger partial charge on any atom is -0.477 e. The van der Waals surface area contributed by atoms with E-state index in [-0.39, 0.29) is 0 Å². The van der Waals surface area contributed by atoms with Crippen LogP contribution in [0.2, 0.25) is 0 Å². The third-order valence-corrected chi connectivity index (χ3v) is 4.04. The molecule has 0 saturated carbocycles. The van der Waals surface area contributed by atoms with Crippen molar-refractivity contribution in [3.05, 3.63) is 21.9 Å². The van der Waals surface area contributed by atoms with Crippen LogP contribution in [0.4, 0.5) is 0 Å². The highest BCUT2D eigenvalue weighted by molar-refractivity contribution is 7.98. The van der Waals surface area contributed by atoms with E-state index in [1.54, 1.807) is 6.07 Å². The Morgan fingerprint density at radius 3 is 2.80 bits per heavy atom. The lowest BCUT2D eigenvalue weighted by Crippen LogP contribution is -2.14. The van der Waals surface area contributed by atoms with Crippen LogP contribution in [0, 0.1) is 0 Å². The lowest BCUT2D eigenvalue weighted by atomic mass is 10.4. The summed E-state index contributed by atoms with van der Waals surface area (Å²) in [5, 5.41) is 8.74. The van der Waals surface area contributed by atoms with Gasteiger partial charge >= 0.3 is 5.97 Å². The molecule has 1 rings (SSSR count). The van der Waals surface area contributed by atoms with Crippen molar-refractivity contribution in [3.8, 4) is 0 Å². The van der Waals surface area contributed by atoms with Crippen LogP contribution in [0.1, 0.15) is 14.5 Å². The van der Waals surface area contributed by atoms with Crippen LogP contribution in [-0.2, 0) is 5.75 Å². The van der Waals surface area contributed by atoms with Gasteiger partial charge in [0.25, 0.3) is 0 Å². The zero-order valence-electron chi connectivity index (χ0n) is 8.90. The Balaban J connectivity index is 2.29. The quantitative estimate of drug-likeness (QED) is 0.780. The molecule has 1 N–H and O–H groups in total. The second-order valence-corrected chi connectivity index (χ2v) is 5.70. The zero-order valence-corrected chi connectivity index (χ0v) is 10.5. The summed E-state index contributed by atoms with van der Waals surface area (Å²) in [6.45, 7) is 1.06. The highest BCUT2D eigenvalue weighted by Gasteiger charge is 2.06. The monoisotopic (exact) mass is 245 g/mol. The van der Waals surface area contributed by atoms with E-state index in [0.29, 0.717) is 4.88 Å². The number of carboxylic acids is 1. The molecule has 1 aromatic heterocycles. The Bertz CT molecular complexity index is 323. The third-order valence-electron chi connectivity index (χ3n) is 1.80. The molecule has 0 saturated heterocycles. The zero-order chi connectivity index (χ0) is 11.3. The molecule has 0 aromatic carbocycles. The maximum atomic E-state index is 10.6. The van der Waals surface area contributed by atoms with E-state index in [4.69, 9.17) is 5.11 Å². The Hall–Kier alpha value is -0.520. The largest absolute Gasteiger partial charge is 0.477 e. The van der Waals surface area contributed by atoms with Gasteiger partial charge in [0, 0.05) is 22.9 Å². The predicted octanol–water partition coefficient (Wildman–Crippen LogP) is 2.24. The first kappa shape index (κ1) is 12.5. The molecule has 0 radical (unpaired) electrons. The fourth-order valence-corrected chi connectivity index (χ4v) is 3.05. The highest BCUT2D eigenvalue weighted by Crippen LogP contribution is 2.21. The normalized spacial score (nSPS) is 10.9. The number of hydrogen-bond donors (Lipinski definition) is 1. The molecule has 5 heteroatoms. The van der Waals surface area contributed by atoms with Gasteiger partial charge in [-0.05, 0) is 26.2 Å². The van der Waals surface area contributed by atoms with Crippen molar-refractivity contribution >= 4 is 29.1 Å². The van der Waals surface area contributed by atoms with Crippen molar-refractivity contribution in [2.24, 2.45) is 0 Å². The smallest absolute Gasteiger partial charge is 0.345 e. The highest BCUT2D eigenvalue weighted by atomic mass is 32.2. The Kier molecular flexibility index (Phi) is 5.14. The second kappa shape index (κ2) is 6.15. The first-order chi connectivity index (χ1) is 7.09. The maximum Gasteiger partial charge on any atom is 0.345 e. The van der Waals surface area contributed by atoms with Gasteiger partial charge in [0.1, 0.15) is 4.88 Å². The van der Waals surface area contributed by atoms with Crippen LogP contribution in [0.3, 0.4) is 0 Å². The molecule has 0 spiro atoms. The standard InChI is InChI=1S/C10H15NO2S2/c1-11(2)5-6-14-7-8-3-4-9(15-8)10(12)13/h3-4H,5-7H2,1-2H3,(H,12,13). The number of rotatable bonds is 6. The van der Waals surface area contributed by atoms with E-state index < -0.39 is 5.97 Å². The molecule has 0 bridgehead atoms. The maximum absolute atomic E-state index is 10.6. The molecule has 0 fully saturated rings. The average Bonchev–Trinajstić information content (AvgIpc) is 2.60. The van der Waals surface area contributed by atoms with Gasteiger partial charge in [-0.1, -0.05) is 0 Å². The van der Waals surface area contributed by atoms with Gasteiger partial charge in [0.15, 0.2) is 0 Å². The van der Waals surface area contributed by atoms with E-state index >= 15 is 0 Å². The summed E-state index contributed by atoms with van der Waals surface area (Å²) < 4.78 is 0. The van der Waals surface area contributed by atoms with Crippen molar-refractivity contribution in [1.82, 2.24) is 4.90 Å². The molecule has 84 valence electrons. The van der Waals surface area contributed by atoms with Gasteiger partial charge in [-0.2, -0.15) is 11.8 Å². The van der Waals surface area contributed by atoms with Gasteiger partial charge in [-0.3, -0.25) is 0 Å². The molecule has 0 unspecified atom stereocenters. The summed E-state index contributed by atoms with van der Waals surface area (Å²) >= 11 is 3.20. The van der Waals surface area contributed by atoms with E-state index in [2.05, 4.69) is 4.90 Å². The van der Waals surface area contributed by atoms with E-state index in [1.165, 1.54) is 11.3 Å². The van der Waals surface area contributed by atoms with Crippen molar-refractivity contribution in [3.63, 3.8) is 0 Å². The predicted molar refractivity (Wildman–Crippen MR) is 66.0 cm³/mol. The molecule has 0 aliphatic carbocycles. The number of thiophene rings is 1. The SMILES string of the molecule is CN(C)CCSCc1ccc(C(=O)O)s1. The minimum atomic E-state index is -0.829. The summed E-state index contributed by atoms with van der Waals surface area (Å²) in [7, 11) is 4.10. The Labute approximate surface area is 98.1 Å². The molecule has 0 amide bonds. The molecule has 3 nitrogen and oxygen atoms in total. The molecule has 1 heterocycles. The van der Waals surface area contributed by atoms with Crippen molar-refractivity contribution in [1.29, 1.82) is 0 Å². The van der Waals surface area contributed by atoms with Crippen molar-refractivity contribution < 1.29 is 9.90 Å². The summed E-state index contributed by atoms with van der Waals surface area (Å²) in [4.78, 5) is 14.3. The van der Waals surface area contributed by atoms with E-state index in [0.717, 1.165) is 22.9 Å². The molecule has 0 aliphatic rings. The van der Waals surface area contributed by atoms with Crippen molar-refractivity contribution in [2.75, 3.05) is 26.4 Å². The molecule has 15 heavy (non-hydrogen) atoms. The van der Waals surface area contributed by atoms with E-state index in [9.17, 15) is 4.79 Å². The number of carbonyl (C=O) groups is 1. The van der Waals surface area contributed by atoms with E-state index in [1.807, 2.05) is 31.9 Å². The van der Waals surface area contributed by atoms with Crippen LogP contribution < -0.4 is 0 Å². The Morgan fingerprint density at radius 1 is 1.53 bits per heavy atom. The lowest BCUT2D eigenvalue weighted by Gasteiger charge is -2.07. The lowest BCUT2D eigenvalue weighted by molar-refractivity contribution is 0.0702. The van der Waals surface area contributed by atoms with Gasteiger partial charge < -0.3 is 10.0 Å².